The van der Waals surface area contributed by atoms with Gasteiger partial charge >= 0.3 is 0 Å². The van der Waals surface area contributed by atoms with Gasteiger partial charge in [0.05, 0.1) is 17.6 Å². The van der Waals surface area contributed by atoms with Gasteiger partial charge in [0.25, 0.3) is 0 Å². The van der Waals surface area contributed by atoms with Gasteiger partial charge in [-0.25, -0.2) is 17.9 Å². The first kappa shape index (κ1) is 18.5. The van der Waals surface area contributed by atoms with E-state index in [1.165, 1.54) is 12.1 Å². The van der Waals surface area contributed by atoms with E-state index < -0.39 is 15.8 Å². The maximum absolute atomic E-state index is 14.5. The highest BCUT2D eigenvalue weighted by molar-refractivity contribution is 7.91. The summed E-state index contributed by atoms with van der Waals surface area (Å²) >= 11 is 0.927. The normalized spacial score (nSPS) is 11.7. The van der Waals surface area contributed by atoms with Crippen LogP contribution in [0.25, 0.3) is 33.0 Å². The Kier molecular flexibility index (Phi) is 4.58. The SMILES string of the molecule is Cc1cccc(-c2[nH]ncc2-c2ccc(F)c(-c3ccc(S(N)(=O)=O)s3)c2)n1. The molecule has 9 heteroatoms. The van der Waals surface area contributed by atoms with Gasteiger partial charge < -0.3 is 0 Å². The smallest absolute Gasteiger partial charge is 0.247 e. The van der Waals surface area contributed by atoms with E-state index in [1.807, 2.05) is 25.1 Å². The van der Waals surface area contributed by atoms with Crippen molar-refractivity contribution < 1.29 is 12.8 Å². The van der Waals surface area contributed by atoms with Gasteiger partial charge in [0.15, 0.2) is 0 Å². The second kappa shape index (κ2) is 6.93. The molecule has 3 aromatic heterocycles. The van der Waals surface area contributed by atoms with E-state index in [2.05, 4.69) is 15.2 Å². The summed E-state index contributed by atoms with van der Waals surface area (Å²) in [4.78, 5) is 4.98. The molecule has 142 valence electrons. The summed E-state index contributed by atoms with van der Waals surface area (Å²) < 4.78 is 37.5. The highest BCUT2D eigenvalue weighted by Crippen LogP contribution is 2.36. The molecule has 0 atom stereocenters. The zero-order valence-corrected chi connectivity index (χ0v) is 16.3. The van der Waals surface area contributed by atoms with Crippen molar-refractivity contribution in [2.24, 2.45) is 5.14 Å². The molecule has 28 heavy (non-hydrogen) atoms. The summed E-state index contributed by atoms with van der Waals surface area (Å²) in [6.07, 6.45) is 1.65. The molecule has 0 fully saturated rings. The molecule has 4 rings (SSSR count). The van der Waals surface area contributed by atoms with Crippen LogP contribution in [0.1, 0.15) is 5.69 Å². The maximum Gasteiger partial charge on any atom is 0.247 e. The van der Waals surface area contributed by atoms with E-state index in [4.69, 9.17) is 5.14 Å². The van der Waals surface area contributed by atoms with Crippen molar-refractivity contribution in [3.05, 3.63) is 66.2 Å². The molecule has 0 aliphatic rings. The van der Waals surface area contributed by atoms with Crippen LogP contribution in [0, 0.1) is 12.7 Å². The first-order valence-electron chi connectivity index (χ1n) is 8.23. The number of nitrogens with zero attached hydrogens (tertiary/aromatic N) is 2. The predicted molar refractivity (Wildman–Crippen MR) is 107 cm³/mol. The van der Waals surface area contributed by atoms with Gasteiger partial charge in [-0.2, -0.15) is 5.10 Å². The summed E-state index contributed by atoms with van der Waals surface area (Å²) in [6, 6.07) is 13.3. The Bertz CT molecular complexity index is 1280. The minimum absolute atomic E-state index is 0.0136. The highest BCUT2D eigenvalue weighted by Gasteiger charge is 2.17. The Labute approximate surface area is 164 Å². The van der Waals surface area contributed by atoms with Crippen molar-refractivity contribution in [1.29, 1.82) is 0 Å². The number of nitrogens with one attached hydrogen (secondary N) is 1. The van der Waals surface area contributed by atoms with Crippen molar-refractivity contribution in [2.45, 2.75) is 11.1 Å². The van der Waals surface area contributed by atoms with E-state index in [-0.39, 0.29) is 4.21 Å². The lowest BCUT2D eigenvalue weighted by atomic mass is 10.0. The molecule has 1 aromatic carbocycles. The first-order chi connectivity index (χ1) is 13.3. The van der Waals surface area contributed by atoms with E-state index in [0.29, 0.717) is 10.4 Å². The van der Waals surface area contributed by atoms with Crippen LogP contribution in [0.15, 0.2) is 58.9 Å². The Morgan fingerprint density at radius 2 is 1.93 bits per heavy atom. The van der Waals surface area contributed by atoms with Gasteiger partial charge in [0.1, 0.15) is 10.0 Å². The molecule has 0 bridgehead atoms. The molecule has 0 radical (unpaired) electrons. The molecule has 0 aliphatic carbocycles. The number of hydrogen-bond donors (Lipinski definition) is 2. The van der Waals surface area contributed by atoms with Crippen LogP contribution in [0.2, 0.25) is 0 Å². The molecular weight excluding hydrogens is 399 g/mol. The second-order valence-electron chi connectivity index (χ2n) is 6.18. The number of aromatic amines is 1. The quantitative estimate of drug-likeness (QED) is 0.528. The average Bonchev–Trinajstić information content (AvgIpc) is 3.31. The lowest BCUT2D eigenvalue weighted by Gasteiger charge is -2.07. The number of benzene rings is 1. The molecule has 6 nitrogen and oxygen atoms in total. The maximum atomic E-state index is 14.5. The van der Waals surface area contributed by atoms with Crippen molar-refractivity contribution in [3.8, 4) is 33.0 Å². The molecule has 4 aromatic rings. The average molecular weight is 414 g/mol. The molecule has 3 heterocycles. The number of hydrogen-bond acceptors (Lipinski definition) is 5. The zero-order chi connectivity index (χ0) is 19.9. The van der Waals surface area contributed by atoms with E-state index >= 15 is 0 Å². The second-order valence-corrected chi connectivity index (χ2v) is 9.05. The lowest BCUT2D eigenvalue weighted by molar-refractivity contribution is 0.600. The van der Waals surface area contributed by atoms with Gasteiger partial charge in [-0.05, 0) is 48.9 Å². The lowest BCUT2D eigenvalue weighted by Crippen LogP contribution is -2.09. The summed E-state index contributed by atoms with van der Waals surface area (Å²) in [5, 5.41) is 12.2. The van der Waals surface area contributed by atoms with Crippen LogP contribution >= 0.6 is 11.3 Å². The van der Waals surface area contributed by atoms with E-state index in [1.54, 1.807) is 24.4 Å². The van der Waals surface area contributed by atoms with Crippen molar-refractivity contribution in [2.75, 3.05) is 0 Å². The van der Waals surface area contributed by atoms with Crippen molar-refractivity contribution in [3.63, 3.8) is 0 Å². The standard InChI is InChI=1S/C19H15FN4O2S2/c1-11-3-2-4-16(23-11)19-14(10-22-24-19)12-5-6-15(20)13(9-12)17-7-8-18(27-17)28(21,25)26/h2-10H,1H3,(H,22,24)(H2,21,25,26). The number of primary sulfonamides is 1. The number of rotatable bonds is 4. The monoisotopic (exact) mass is 414 g/mol. The molecule has 0 saturated carbocycles. The third kappa shape index (κ3) is 3.47. The van der Waals surface area contributed by atoms with Gasteiger partial charge in [0.2, 0.25) is 10.0 Å². The summed E-state index contributed by atoms with van der Waals surface area (Å²) in [7, 11) is -3.83. The molecule has 0 spiro atoms. The number of pyridine rings is 1. The number of aromatic nitrogens is 3. The van der Waals surface area contributed by atoms with Gasteiger partial charge in [-0.15, -0.1) is 11.3 Å². The minimum atomic E-state index is -3.83. The summed E-state index contributed by atoms with van der Waals surface area (Å²) in [6.45, 7) is 1.90. The Balaban J connectivity index is 1.81. The Morgan fingerprint density at radius 1 is 1.11 bits per heavy atom. The number of H-pyrrole nitrogens is 1. The van der Waals surface area contributed by atoms with Gasteiger partial charge in [-0.1, -0.05) is 12.1 Å². The summed E-state index contributed by atoms with van der Waals surface area (Å²) in [5.74, 6) is -0.453. The van der Waals surface area contributed by atoms with E-state index in [9.17, 15) is 12.8 Å². The Morgan fingerprint density at radius 3 is 2.64 bits per heavy atom. The number of sulfonamides is 1. The third-order valence-electron chi connectivity index (χ3n) is 4.19. The molecule has 0 saturated heterocycles. The molecule has 0 amide bonds. The first-order valence-corrected chi connectivity index (χ1v) is 10.6. The molecule has 3 N–H and O–H groups in total. The molecule has 0 aliphatic heterocycles. The largest absolute Gasteiger partial charge is 0.276 e. The van der Waals surface area contributed by atoms with E-state index in [0.717, 1.165) is 39.5 Å². The predicted octanol–water partition coefficient (Wildman–Crippen LogP) is 3.96. The van der Waals surface area contributed by atoms with Gasteiger partial charge in [0, 0.05) is 21.7 Å². The molecular formula is C19H15FN4O2S2. The minimum Gasteiger partial charge on any atom is -0.276 e. The summed E-state index contributed by atoms with van der Waals surface area (Å²) in [5.41, 5.74) is 4.11. The third-order valence-corrected chi connectivity index (χ3v) is 6.75. The van der Waals surface area contributed by atoms with Crippen molar-refractivity contribution >= 4 is 21.4 Å². The van der Waals surface area contributed by atoms with Crippen LogP contribution in [-0.2, 0) is 10.0 Å². The van der Waals surface area contributed by atoms with Crippen LogP contribution in [0.3, 0.4) is 0 Å². The fourth-order valence-corrected chi connectivity index (χ4v) is 4.63. The number of halogens is 1. The van der Waals surface area contributed by atoms with Crippen molar-refractivity contribution in [1.82, 2.24) is 15.2 Å². The topological polar surface area (TPSA) is 102 Å². The Hall–Kier alpha value is -2.88. The van der Waals surface area contributed by atoms with Gasteiger partial charge in [-0.3, -0.25) is 10.1 Å². The van der Waals surface area contributed by atoms with Crippen LogP contribution in [0.5, 0.6) is 0 Å². The molecule has 0 unspecified atom stereocenters. The number of aryl methyl sites for hydroxylation is 1. The number of nitrogens with two attached hydrogens (primary N) is 1. The number of thiophene rings is 1. The van der Waals surface area contributed by atoms with Crippen LogP contribution in [0.4, 0.5) is 4.39 Å². The fourth-order valence-electron chi connectivity index (χ4n) is 2.88. The fraction of sp³-hybridized carbons (Fsp3) is 0.0526. The highest BCUT2D eigenvalue weighted by atomic mass is 32.2. The van der Waals surface area contributed by atoms with Crippen LogP contribution < -0.4 is 5.14 Å². The van der Waals surface area contributed by atoms with Crippen LogP contribution in [-0.4, -0.2) is 23.6 Å². The zero-order valence-electron chi connectivity index (χ0n) is 14.7.